The van der Waals surface area contributed by atoms with Crippen LogP contribution >= 0.6 is 0 Å². The molecule has 0 bridgehead atoms. The Hall–Kier alpha value is -0.603. The summed E-state index contributed by atoms with van der Waals surface area (Å²) >= 11 is 0. The highest BCUT2D eigenvalue weighted by atomic mass is 28.4. The SMILES string of the molecule is CC[Si](CC)(CC)OC(CCc1ccccc1)C(C)C. The van der Waals surface area contributed by atoms with Crippen LogP contribution in [-0.4, -0.2) is 14.4 Å². The summed E-state index contributed by atoms with van der Waals surface area (Å²) in [5.41, 5.74) is 1.43. The Morgan fingerprint density at radius 2 is 1.50 bits per heavy atom. The molecule has 1 atom stereocenters. The molecule has 0 aliphatic carbocycles. The van der Waals surface area contributed by atoms with Gasteiger partial charge in [0.2, 0.25) is 0 Å². The first-order valence-corrected chi connectivity index (χ1v) is 10.8. The molecule has 0 saturated carbocycles. The molecule has 0 spiro atoms. The van der Waals surface area contributed by atoms with Gasteiger partial charge < -0.3 is 4.43 Å². The summed E-state index contributed by atoms with van der Waals surface area (Å²) in [5, 5.41) is 0. The Kier molecular flexibility index (Phi) is 7.53. The van der Waals surface area contributed by atoms with Gasteiger partial charge in [0.25, 0.3) is 0 Å². The van der Waals surface area contributed by atoms with Crippen LogP contribution in [0.1, 0.15) is 46.6 Å². The maximum atomic E-state index is 6.71. The van der Waals surface area contributed by atoms with Crippen molar-refractivity contribution >= 4 is 8.32 Å². The van der Waals surface area contributed by atoms with Crippen LogP contribution in [0.4, 0.5) is 0 Å². The molecule has 0 heterocycles. The number of hydrogen-bond acceptors (Lipinski definition) is 1. The molecule has 1 aromatic rings. The number of aryl methyl sites for hydroxylation is 1. The highest BCUT2D eigenvalue weighted by Crippen LogP contribution is 2.27. The van der Waals surface area contributed by atoms with Gasteiger partial charge in [0, 0.05) is 6.10 Å². The molecule has 114 valence electrons. The fourth-order valence-corrected chi connectivity index (χ4v) is 5.84. The van der Waals surface area contributed by atoms with Crippen molar-refractivity contribution in [2.45, 2.75) is 71.7 Å². The maximum absolute atomic E-state index is 6.71. The molecule has 0 amide bonds. The van der Waals surface area contributed by atoms with Crippen molar-refractivity contribution in [3.8, 4) is 0 Å². The molecule has 1 nitrogen and oxygen atoms in total. The first-order chi connectivity index (χ1) is 9.56. The average Bonchev–Trinajstić information content (AvgIpc) is 2.49. The first kappa shape index (κ1) is 17.4. The third-order valence-corrected chi connectivity index (χ3v) is 9.31. The van der Waals surface area contributed by atoms with Gasteiger partial charge in [-0.15, -0.1) is 0 Å². The van der Waals surface area contributed by atoms with E-state index in [9.17, 15) is 0 Å². The Morgan fingerprint density at radius 3 is 1.95 bits per heavy atom. The smallest absolute Gasteiger partial charge is 0.192 e. The van der Waals surface area contributed by atoms with Crippen LogP contribution in [0.5, 0.6) is 0 Å². The van der Waals surface area contributed by atoms with Gasteiger partial charge in [0.05, 0.1) is 0 Å². The van der Waals surface area contributed by atoms with Gasteiger partial charge in [-0.25, -0.2) is 0 Å². The maximum Gasteiger partial charge on any atom is 0.192 e. The lowest BCUT2D eigenvalue weighted by Crippen LogP contribution is -2.41. The van der Waals surface area contributed by atoms with E-state index in [0.29, 0.717) is 12.0 Å². The van der Waals surface area contributed by atoms with E-state index in [0.717, 1.165) is 12.8 Å². The van der Waals surface area contributed by atoms with Crippen molar-refractivity contribution in [2.75, 3.05) is 0 Å². The fraction of sp³-hybridized carbons (Fsp3) is 0.667. The second kappa shape index (κ2) is 8.63. The summed E-state index contributed by atoms with van der Waals surface area (Å²) < 4.78 is 6.71. The number of rotatable bonds is 9. The van der Waals surface area contributed by atoms with E-state index in [1.165, 1.54) is 23.7 Å². The lowest BCUT2D eigenvalue weighted by molar-refractivity contribution is 0.129. The van der Waals surface area contributed by atoms with Gasteiger partial charge in [-0.1, -0.05) is 65.0 Å². The normalized spacial score (nSPS) is 13.7. The third-order valence-electron chi connectivity index (χ3n) is 4.64. The van der Waals surface area contributed by atoms with Crippen LogP contribution in [0.3, 0.4) is 0 Å². The second-order valence-electron chi connectivity index (χ2n) is 6.17. The van der Waals surface area contributed by atoms with Gasteiger partial charge in [0.15, 0.2) is 8.32 Å². The van der Waals surface area contributed by atoms with E-state index < -0.39 is 8.32 Å². The lowest BCUT2D eigenvalue weighted by atomic mass is 9.99. The molecular formula is C18H32OSi. The van der Waals surface area contributed by atoms with Crippen molar-refractivity contribution < 1.29 is 4.43 Å². The summed E-state index contributed by atoms with van der Waals surface area (Å²) in [6.07, 6.45) is 2.70. The Balaban J connectivity index is 2.65. The molecular weight excluding hydrogens is 260 g/mol. The van der Waals surface area contributed by atoms with E-state index in [1.807, 2.05) is 0 Å². The zero-order chi connectivity index (χ0) is 15.0. The van der Waals surface area contributed by atoms with Crippen molar-refractivity contribution in [3.63, 3.8) is 0 Å². The van der Waals surface area contributed by atoms with Crippen LogP contribution in [-0.2, 0) is 10.8 Å². The largest absolute Gasteiger partial charge is 0.414 e. The molecule has 0 radical (unpaired) electrons. The Labute approximate surface area is 126 Å². The summed E-state index contributed by atoms with van der Waals surface area (Å²) in [7, 11) is -1.48. The van der Waals surface area contributed by atoms with E-state index in [-0.39, 0.29) is 0 Å². The highest BCUT2D eigenvalue weighted by Gasteiger charge is 2.32. The average molecular weight is 293 g/mol. The lowest BCUT2D eigenvalue weighted by Gasteiger charge is -2.35. The van der Waals surface area contributed by atoms with Crippen LogP contribution < -0.4 is 0 Å². The Morgan fingerprint density at radius 1 is 0.950 bits per heavy atom. The molecule has 0 fully saturated rings. The molecule has 1 unspecified atom stereocenters. The first-order valence-electron chi connectivity index (χ1n) is 8.28. The zero-order valence-corrected chi connectivity index (χ0v) is 15.0. The van der Waals surface area contributed by atoms with Gasteiger partial charge in [0.1, 0.15) is 0 Å². The minimum Gasteiger partial charge on any atom is -0.414 e. The zero-order valence-electron chi connectivity index (χ0n) is 14.0. The molecule has 0 aliphatic heterocycles. The minimum atomic E-state index is -1.48. The van der Waals surface area contributed by atoms with Crippen LogP contribution in [0.25, 0.3) is 0 Å². The van der Waals surface area contributed by atoms with E-state index in [4.69, 9.17) is 4.43 Å². The van der Waals surface area contributed by atoms with E-state index >= 15 is 0 Å². The molecule has 0 N–H and O–H groups in total. The number of benzene rings is 1. The second-order valence-corrected chi connectivity index (χ2v) is 10.9. The van der Waals surface area contributed by atoms with Crippen LogP contribution in [0, 0.1) is 5.92 Å². The van der Waals surface area contributed by atoms with E-state index in [2.05, 4.69) is 65.0 Å². The van der Waals surface area contributed by atoms with Crippen molar-refractivity contribution in [2.24, 2.45) is 5.92 Å². The number of hydrogen-bond donors (Lipinski definition) is 0. The quantitative estimate of drug-likeness (QED) is 0.533. The molecule has 0 aromatic heterocycles. The van der Waals surface area contributed by atoms with Gasteiger partial charge in [-0.05, 0) is 42.5 Å². The summed E-state index contributed by atoms with van der Waals surface area (Å²) in [5.74, 6) is 0.607. The summed E-state index contributed by atoms with van der Waals surface area (Å²) in [6.45, 7) is 11.5. The molecule has 20 heavy (non-hydrogen) atoms. The van der Waals surface area contributed by atoms with Crippen LogP contribution in [0.2, 0.25) is 18.1 Å². The highest BCUT2D eigenvalue weighted by molar-refractivity contribution is 6.73. The van der Waals surface area contributed by atoms with Gasteiger partial charge >= 0.3 is 0 Å². The molecule has 0 saturated heterocycles. The summed E-state index contributed by atoms with van der Waals surface area (Å²) in [6, 6.07) is 14.5. The molecule has 2 heteroatoms. The third kappa shape index (κ3) is 5.06. The van der Waals surface area contributed by atoms with Crippen molar-refractivity contribution in [1.82, 2.24) is 0 Å². The standard InChI is InChI=1S/C18H32OSi/c1-6-20(7-2,8-3)19-18(16(4)5)15-14-17-12-10-9-11-13-17/h9-13,16,18H,6-8,14-15H2,1-5H3. The van der Waals surface area contributed by atoms with Crippen molar-refractivity contribution in [1.29, 1.82) is 0 Å². The van der Waals surface area contributed by atoms with Gasteiger partial charge in [-0.3, -0.25) is 0 Å². The fourth-order valence-electron chi connectivity index (χ4n) is 2.80. The van der Waals surface area contributed by atoms with E-state index in [1.54, 1.807) is 0 Å². The van der Waals surface area contributed by atoms with Crippen molar-refractivity contribution in [3.05, 3.63) is 35.9 Å². The summed E-state index contributed by atoms with van der Waals surface area (Å²) in [4.78, 5) is 0. The molecule has 1 aromatic carbocycles. The predicted octanol–water partition coefficient (Wildman–Crippen LogP) is 5.67. The van der Waals surface area contributed by atoms with Crippen LogP contribution in [0.15, 0.2) is 30.3 Å². The minimum absolute atomic E-state index is 0.418. The molecule has 0 aliphatic rings. The topological polar surface area (TPSA) is 9.23 Å². The Bertz CT molecular complexity index is 349. The monoisotopic (exact) mass is 292 g/mol. The molecule has 1 rings (SSSR count). The predicted molar refractivity (Wildman–Crippen MR) is 91.7 cm³/mol. The van der Waals surface area contributed by atoms with Gasteiger partial charge in [-0.2, -0.15) is 0 Å².